The van der Waals surface area contributed by atoms with Gasteiger partial charge in [0, 0.05) is 35.3 Å². The van der Waals surface area contributed by atoms with Gasteiger partial charge in [-0.3, -0.25) is 4.79 Å². The first-order valence-electron chi connectivity index (χ1n) is 9.56. The zero-order valence-electron chi connectivity index (χ0n) is 16.0. The summed E-state index contributed by atoms with van der Waals surface area (Å²) in [7, 11) is -3.58. The first-order valence-corrected chi connectivity index (χ1v) is 12.0. The highest BCUT2D eigenvalue weighted by atomic mass is 32.2. The van der Waals surface area contributed by atoms with Gasteiger partial charge in [-0.05, 0) is 50.1 Å². The Morgan fingerprint density at radius 1 is 1.14 bits per heavy atom. The third-order valence-corrected chi connectivity index (χ3v) is 7.87. The number of amides is 1. The number of nitrogens with one attached hydrogen (secondary N) is 1. The predicted molar refractivity (Wildman–Crippen MR) is 113 cm³/mol. The molecule has 28 heavy (non-hydrogen) atoms. The van der Waals surface area contributed by atoms with Crippen LogP contribution in [0.4, 0.5) is 0 Å². The van der Waals surface area contributed by atoms with Gasteiger partial charge in [0.2, 0.25) is 10.0 Å². The van der Waals surface area contributed by atoms with Gasteiger partial charge in [-0.2, -0.15) is 4.31 Å². The van der Waals surface area contributed by atoms with Crippen molar-refractivity contribution in [3.05, 3.63) is 60.2 Å². The number of hydrogen-bond acceptors (Lipinski definition) is 4. The zero-order valence-corrected chi connectivity index (χ0v) is 17.6. The number of benzene rings is 2. The summed E-state index contributed by atoms with van der Waals surface area (Å²) in [5.41, 5.74) is 0.371. The fourth-order valence-electron chi connectivity index (χ4n) is 3.31. The van der Waals surface area contributed by atoms with E-state index < -0.39 is 10.0 Å². The van der Waals surface area contributed by atoms with Gasteiger partial charge < -0.3 is 5.32 Å². The molecule has 1 saturated heterocycles. The molecule has 1 heterocycles. The van der Waals surface area contributed by atoms with Crippen molar-refractivity contribution in [2.24, 2.45) is 0 Å². The first-order chi connectivity index (χ1) is 13.5. The van der Waals surface area contributed by atoms with Crippen LogP contribution in [0.25, 0.3) is 0 Å². The number of hydrogen-bond donors (Lipinski definition) is 1. The van der Waals surface area contributed by atoms with Crippen LogP contribution in [0.3, 0.4) is 0 Å². The molecule has 0 bridgehead atoms. The molecule has 0 radical (unpaired) electrons. The van der Waals surface area contributed by atoms with Crippen LogP contribution in [0.1, 0.15) is 36.5 Å². The van der Waals surface area contributed by atoms with E-state index in [-0.39, 0.29) is 16.8 Å². The number of thioether (sulfide) groups is 1. The summed E-state index contributed by atoms with van der Waals surface area (Å²) in [6.45, 7) is 2.99. The lowest BCUT2D eigenvalue weighted by atomic mass is 10.1. The average Bonchev–Trinajstić information content (AvgIpc) is 2.72. The maximum Gasteiger partial charge on any atom is 0.251 e. The molecule has 0 aromatic heterocycles. The van der Waals surface area contributed by atoms with Gasteiger partial charge >= 0.3 is 0 Å². The smallest absolute Gasteiger partial charge is 0.251 e. The molecule has 2 aromatic carbocycles. The largest absolute Gasteiger partial charge is 0.351 e. The van der Waals surface area contributed by atoms with Gasteiger partial charge in [0.15, 0.2) is 0 Å². The Kier molecular flexibility index (Phi) is 7.15. The van der Waals surface area contributed by atoms with E-state index in [1.54, 1.807) is 34.3 Å². The summed E-state index contributed by atoms with van der Waals surface area (Å²) in [5.74, 6) is 0.497. The topological polar surface area (TPSA) is 66.5 Å². The van der Waals surface area contributed by atoms with Crippen LogP contribution in [0.5, 0.6) is 0 Å². The van der Waals surface area contributed by atoms with Gasteiger partial charge in [0.1, 0.15) is 0 Å². The van der Waals surface area contributed by atoms with E-state index in [4.69, 9.17) is 0 Å². The Bertz CT molecular complexity index is 901. The molecule has 5 nitrogen and oxygen atoms in total. The molecular weight excluding hydrogens is 392 g/mol. The SMILES string of the molecule is C[C@@H]1CCCCN1S(=O)(=O)c1cccc(C(=O)NCCSc2ccccc2)c1. The summed E-state index contributed by atoms with van der Waals surface area (Å²) in [4.78, 5) is 13.8. The third kappa shape index (κ3) is 5.16. The molecule has 1 aliphatic heterocycles. The molecule has 7 heteroatoms. The predicted octanol–water partition coefficient (Wildman–Crippen LogP) is 3.77. The molecule has 0 saturated carbocycles. The molecular formula is C21H26N2O3S2. The quantitative estimate of drug-likeness (QED) is 0.549. The van der Waals surface area contributed by atoms with E-state index in [9.17, 15) is 13.2 Å². The van der Waals surface area contributed by atoms with Crippen molar-refractivity contribution >= 4 is 27.7 Å². The molecule has 1 amide bonds. The third-order valence-electron chi connectivity index (χ3n) is 4.84. The summed E-state index contributed by atoms with van der Waals surface area (Å²) in [5, 5.41) is 2.87. The second kappa shape index (κ2) is 9.58. The molecule has 1 atom stereocenters. The minimum atomic E-state index is -3.58. The van der Waals surface area contributed by atoms with E-state index in [2.05, 4.69) is 5.32 Å². The first kappa shape index (κ1) is 20.9. The van der Waals surface area contributed by atoms with E-state index in [0.717, 1.165) is 29.9 Å². The number of nitrogens with zero attached hydrogens (tertiary/aromatic N) is 1. The van der Waals surface area contributed by atoms with E-state index in [1.807, 2.05) is 37.3 Å². The normalized spacial score (nSPS) is 18.0. The van der Waals surface area contributed by atoms with Crippen LogP contribution >= 0.6 is 11.8 Å². The van der Waals surface area contributed by atoms with Crippen LogP contribution in [0.15, 0.2) is 64.4 Å². The summed E-state index contributed by atoms with van der Waals surface area (Å²) in [6.07, 6.45) is 2.80. The van der Waals surface area contributed by atoms with Crippen LogP contribution < -0.4 is 5.32 Å². The monoisotopic (exact) mass is 418 g/mol. The fraction of sp³-hybridized carbons (Fsp3) is 0.381. The van der Waals surface area contributed by atoms with Crippen molar-refractivity contribution in [1.29, 1.82) is 0 Å². The molecule has 150 valence electrons. The maximum atomic E-state index is 13.0. The van der Waals surface area contributed by atoms with Crippen molar-refractivity contribution < 1.29 is 13.2 Å². The van der Waals surface area contributed by atoms with Gasteiger partial charge in [-0.1, -0.05) is 30.7 Å². The highest BCUT2D eigenvalue weighted by Gasteiger charge is 2.31. The lowest BCUT2D eigenvalue weighted by Gasteiger charge is -2.32. The molecule has 0 unspecified atom stereocenters. The van der Waals surface area contributed by atoms with E-state index >= 15 is 0 Å². The maximum absolute atomic E-state index is 13.0. The van der Waals surface area contributed by atoms with Crippen molar-refractivity contribution in [3.8, 4) is 0 Å². The fourth-order valence-corrected chi connectivity index (χ4v) is 5.85. The van der Waals surface area contributed by atoms with E-state index in [1.165, 1.54) is 6.07 Å². The number of sulfonamides is 1. The lowest BCUT2D eigenvalue weighted by Crippen LogP contribution is -2.42. The van der Waals surface area contributed by atoms with Crippen LogP contribution in [-0.2, 0) is 10.0 Å². The second-order valence-corrected chi connectivity index (χ2v) is 9.96. The number of carbonyl (C=O) groups excluding carboxylic acids is 1. The number of carbonyl (C=O) groups is 1. The summed E-state index contributed by atoms with van der Waals surface area (Å²) < 4.78 is 27.5. The number of piperidine rings is 1. The highest BCUT2D eigenvalue weighted by molar-refractivity contribution is 7.99. The van der Waals surface area contributed by atoms with Crippen molar-refractivity contribution in [3.63, 3.8) is 0 Å². The second-order valence-electron chi connectivity index (χ2n) is 6.91. The summed E-state index contributed by atoms with van der Waals surface area (Å²) in [6, 6.07) is 16.3. The van der Waals surface area contributed by atoms with Gasteiger partial charge in [0.25, 0.3) is 5.91 Å². The Hall–Kier alpha value is -1.83. The van der Waals surface area contributed by atoms with Crippen molar-refractivity contribution in [2.45, 2.75) is 42.0 Å². The molecule has 3 rings (SSSR count). The van der Waals surface area contributed by atoms with Crippen LogP contribution in [-0.4, -0.2) is 43.5 Å². The summed E-state index contributed by atoms with van der Waals surface area (Å²) >= 11 is 1.67. The minimum absolute atomic E-state index is 0.00811. The molecule has 1 N–H and O–H groups in total. The highest BCUT2D eigenvalue weighted by Crippen LogP contribution is 2.25. The lowest BCUT2D eigenvalue weighted by molar-refractivity contribution is 0.0956. The minimum Gasteiger partial charge on any atom is -0.351 e. The van der Waals surface area contributed by atoms with Gasteiger partial charge in [0.05, 0.1) is 4.90 Å². The zero-order chi connectivity index (χ0) is 20.0. The number of rotatable bonds is 7. The Morgan fingerprint density at radius 3 is 2.68 bits per heavy atom. The Balaban J connectivity index is 1.61. The Labute approximate surface area is 171 Å². The molecule has 2 aromatic rings. The molecule has 1 fully saturated rings. The van der Waals surface area contributed by atoms with Crippen LogP contribution in [0.2, 0.25) is 0 Å². The molecule has 0 spiro atoms. The average molecular weight is 419 g/mol. The van der Waals surface area contributed by atoms with Gasteiger partial charge in [-0.25, -0.2) is 8.42 Å². The standard InChI is InChI=1S/C21H26N2O3S2/c1-17-8-5-6-14-23(17)28(25,26)20-12-7-9-18(16-20)21(24)22-13-15-27-19-10-3-2-4-11-19/h2-4,7,9-12,16-17H,5-6,8,13-15H2,1H3,(H,22,24)/t17-/m1/s1. The van der Waals surface area contributed by atoms with Crippen LogP contribution in [0, 0.1) is 0 Å². The van der Waals surface area contributed by atoms with Gasteiger partial charge in [-0.15, -0.1) is 11.8 Å². The Morgan fingerprint density at radius 2 is 1.93 bits per heavy atom. The van der Waals surface area contributed by atoms with Crippen molar-refractivity contribution in [1.82, 2.24) is 9.62 Å². The molecule has 1 aliphatic rings. The molecule has 0 aliphatic carbocycles. The van der Waals surface area contributed by atoms with E-state index in [0.29, 0.717) is 18.7 Å². The van der Waals surface area contributed by atoms with Crippen molar-refractivity contribution in [2.75, 3.05) is 18.8 Å².